The predicted octanol–water partition coefficient (Wildman–Crippen LogP) is 0.995. The van der Waals surface area contributed by atoms with Crippen LogP contribution in [0.1, 0.15) is 32.1 Å². The molecule has 0 saturated heterocycles. The molecule has 0 aromatic heterocycles. The van der Waals surface area contributed by atoms with Crippen LogP contribution in [-0.2, 0) is 19.1 Å². The number of hydrogen-bond acceptors (Lipinski definition) is 5. The Bertz CT molecular complexity index is 410. The zero-order valence-electron chi connectivity index (χ0n) is 13.6. The highest BCUT2D eigenvalue weighted by Crippen LogP contribution is 2.00. The minimum atomic E-state index is -0.334. The van der Waals surface area contributed by atoms with Crippen molar-refractivity contribution in [1.82, 2.24) is 10.6 Å². The van der Waals surface area contributed by atoms with Gasteiger partial charge in [0.05, 0.1) is 18.6 Å². The summed E-state index contributed by atoms with van der Waals surface area (Å²) in [6.07, 6.45) is 3.64. The number of amides is 2. The third-order valence-corrected chi connectivity index (χ3v) is 3.76. The van der Waals surface area contributed by atoms with Crippen molar-refractivity contribution in [3.8, 4) is 0 Å². The zero-order valence-corrected chi connectivity index (χ0v) is 14.4. The molecule has 0 radical (unpaired) electrons. The lowest BCUT2D eigenvalue weighted by Gasteiger charge is -2.06. The Hall–Kier alpha value is -1.75. The number of hydrogen-bond donors (Lipinski definition) is 2. The average Bonchev–Trinajstić information content (AvgIpc) is 2.54. The second kappa shape index (κ2) is 15.2. The van der Waals surface area contributed by atoms with E-state index < -0.39 is 0 Å². The summed E-state index contributed by atoms with van der Waals surface area (Å²) in [5, 5.41) is 5.59. The van der Waals surface area contributed by atoms with Crippen LogP contribution in [-0.4, -0.2) is 56.0 Å². The summed E-state index contributed by atoms with van der Waals surface area (Å²) < 4.78 is 4.48. The number of carbonyl (C=O) groups is 3. The molecular weight excluding hydrogens is 318 g/mol. The van der Waals surface area contributed by atoms with Crippen molar-refractivity contribution in [2.45, 2.75) is 32.1 Å². The van der Waals surface area contributed by atoms with Gasteiger partial charge in [0.25, 0.3) is 0 Å². The van der Waals surface area contributed by atoms with Gasteiger partial charge in [-0.15, -0.1) is 11.8 Å². The van der Waals surface area contributed by atoms with E-state index in [4.69, 9.17) is 6.57 Å². The highest BCUT2D eigenvalue weighted by Gasteiger charge is 2.05. The van der Waals surface area contributed by atoms with Gasteiger partial charge in [0, 0.05) is 25.9 Å². The SMILES string of the molecule is [C-]#[N+]CCCC(=O)NCCCCCNC(=O)CSCC(=O)OC. The van der Waals surface area contributed by atoms with Gasteiger partial charge in [-0.1, -0.05) is 0 Å². The monoisotopic (exact) mass is 343 g/mol. The Kier molecular flexibility index (Phi) is 14.0. The maximum Gasteiger partial charge on any atom is 0.315 e. The van der Waals surface area contributed by atoms with Crippen LogP contribution >= 0.6 is 11.8 Å². The molecule has 0 fully saturated rings. The topological polar surface area (TPSA) is 88.9 Å². The summed E-state index contributed by atoms with van der Waals surface area (Å²) in [6, 6.07) is 0. The first-order valence-electron chi connectivity index (χ1n) is 7.61. The van der Waals surface area contributed by atoms with E-state index in [0.29, 0.717) is 32.5 Å². The van der Waals surface area contributed by atoms with Crippen molar-refractivity contribution in [3.63, 3.8) is 0 Å². The number of ether oxygens (including phenoxy) is 1. The highest BCUT2D eigenvalue weighted by molar-refractivity contribution is 8.00. The summed E-state index contributed by atoms with van der Waals surface area (Å²) in [4.78, 5) is 36.9. The first-order chi connectivity index (χ1) is 11.1. The van der Waals surface area contributed by atoms with Crippen LogP contribution in [0.5, 0.6) is 0 Å². The molecule has 0 spiro atoms. The van der Waals surface area contributed by atoms with Gasteiger partial charge >= 0.3 is 5.97 Å². The first-order valence-corrected chi connectivity index (χ1v) is 8.76. The van der Waals surface area contributed by atoms with Gasteiger partial charge in [-0.25, -0.2) is 6.57 Å². The number of nitrogens with one attached hydrogen (secondary N) is 2. The Labute approximate surface area is 141 Å². The number of methoxy groups -OCH3 is 1. The molecule has 0 bridgehead atoms. The number of unbranched alkanes of at least 4 members (excludes halogenated alkanes) is 2. The van der Waals surface area contributed by atoms with Crippen LogP contribution in [0.3, 0.4) is 0 Å². The number of esters is 1. The van der Waals surface area contributed by atoms with Crippen molar-refractivity contribution >= 4 is 29.5 Å². The smallest absolute Gasteiger partial charge is 0.315 e. The van der Waals surface area contributed by atoms with Crippen LogP contribution in [0.15, 0.2) is 0 Å². The van der Waals surface area contributed by atoms with Crippen molar-refractivity contribution in [2.75, 3.05) is 38.2 Å². The normalized spacial score (nSPS) is 9.74. The minimum Gasteiger partial charge on any atom is -0.468 e. The van der Waals surface area contributed by atoms with E-state index in [9.17, 15) is 14.4 Å². The molecule has 7 nitrogen and oxygen atoms in total. The summed E-state index contributed by atoms with van der Waals surface area (Å²) in [5.41, 5.74) is 0. The zero-order chi connectivity index (χ0) is 17.3. The molecule has 2 N–H and O–H groups in total. The molecule has 0 unspecified atom stereocenters. The molecule has 130 valence electrons. The van der Waals surface area contributed by atoms with Gasteiger partial charge in [-0.3, -0.25) is 14.4 Å². The van der Waals surface area contributed by atoms with Gasteiger partial charge in [-0.05, 0) is 19.3 Å². The molecule has 0 aliphatic carbocycles. The molecule has 2 amide bonds. The third-order valence-electron chi connectivity index (χ3n) is 2.85. The van der Waals surface area contributed by atoms with Gasteiger partial charge in [0.2, 0.25) is 18.4 Å². The summed E-state index contributed by atoms with van der Waals surface area (Å²) in [7, 11) is 1.32. The molecule has 8 heteroatoms. The maximum atomic E-state index is 11.5. The number of rotatable bonds is 13. The van der Waals surface area contributed by atoms with Crippen LogP contribution in [0.2, 0.25) is 0 Å². The molecule has 0 saturated carbocycles. The van der Waals surface area contributed by atoms with E-state index in [1.807, 2.05) is 0 Å². The van der Waals surface area contributed by atoms with Crippen molar-refractivity contribution < 1.29 is 19.1 Å². The Morgan fingerprint density at radius 2 is 1.65 bits per heavy atom. The van der Waals surface area contributed by atoms with Crippen LogP contribution < -0.4 is 10.6 Å². The molecule has 23 heavy (non-hydrogen) atoms. The lowest BCUT2D eigenvalue weighted by Crippen LogP contribution is -2.27. The van der Waals surface area contributed by atoms with E-state index >= 15 is 0 Å². The second-order valence-corrected chi connectivity index (χ2v) is 5.80. The van der Waals surface area contributed by atoms with E-state index in [0.717, 1.165) is 19.3 Å². The first kappa shape index (κ1) is 21.2. The third kappa shape index (κ3) is 14.9. The molecule has 0 aliphatic rings. The molecule has 0 aromatic carbocycles. The number of thioether (sulfide) groups is 1. The van der Waals surface area contributed by atoms with Crippen molar-refractivity contribution in [2.24, 2.45) is 0 Å². The van der Waals surface area contributed by atoms with Gasteiger partial charge in [-0.2, -0.15) is 0 Å². The lowest BCUT2D eigenvalue weighted by atomic mass is 10.2. The van der Waals surface area contributed by atoms with Crippen LogP contribution in [0, 0.1) is 6.57 Å². The van der Waals surface area contributed by atoms with E-state index in [-0.39, 0.29) is 29.3 Å². The fraction of sp³-hybridized carbons (Fsp3) is 0.733. The van der Waals surface area contributed by atoms with Gasteiger partial charge in [0.15, 0.2) is 0 Å². The quantitative estimate of drug-likeness (QED) is 0.296. The fourth-order valence-electron chi connectivity index (χ4n) is 1.63. The largest absolute Gasteiger partial charge is 0.468 e. The molecule has 0 rings (SSSR count). The molecule has 0 aliphatic heterocycles. The lowest BCUT2D eigenvalue weighted by molar-refractivity contribution is -0.137. The molecule has 0 heterocycles. The van der Waals surface area contributed by atoms with E-state index in [1.165, 1.54) is 18.9 Å². The van der Waals surface area contributed by atoms with E-state index in [1.54, 1.807) is 0 Å². The second-order valence-electron chi connectivity index (χ2n) is 4.81. The molecular formula is C15H25N3O4S. The summed E-state index contributed by atoms with van der Waals surface area (Å²) >= 11 is 1.22. The van der Waals surface area contributed by atoms with Gasteiger partial charge in [0.1, 0.15) is 0 Å². The van der Waals surface area contributed by atoms with Crippen LogP contribution in [0.25, 0.3) is 4.85 Å². The standard InChI is InChI=1S/C15H25N3O4S/c1-16-8-6-7-13(19)17-9-4-3-5-10-18-14(20)11-23-12-15(21)22-2/h3-12H2,2H3,(H,17,19)(H,18,20). The maximum absolute atomic E-state index is 11.5. The van der Waals surface area contributed by atoms with Crippen molar-refractivity contribution in [3.05, 3.63) is 11.4 Å². The van der Waals surface area contributed by atoms with Crippen LogP contribution in [0.4, 0.5) is 0 Å². The fourth-order valence-corrected chi connectivity index (χ4v) is 2.30. The highest BCUT2D eigenvalue weighted by atomic mass is 32.2. The van der Waals surface area contributed by atoms with E-state index in [2.05, 4.69) is 20.2 Å². The molecule has 0 aromatic rings. The number of nitrogens with zero attached hydrogens (tertiary/aromatic N) is 1. The van der Waals surface area contributed by atoms with Gasteiger partial charge < -0.3 is 20.2 Å². The Morgan fingerprint density at radius 1 is 1.00 bits per heavy atom. The Morgan fingerprint density at radius 3 is 2.26 bits per heavy atom. The minimum absolute atomic E-state index is 0.00964. The molecule has 0 atom stereocenters. The summed E-state index contributed by atoms with van der Waals surface area (Å²) in [6.45, 7) is 8.23. The number of carbonyl (C=O) groups excluding carboxylic acids is 3. The van der Waals surface area contributed by atoms with Crippen molar-refractivity contribution in [1.29, 1.82) is 0 Å². The summed E-state index contributed by atoms with van der Waals surface area (Å²) in [5.74, 6) is -0.00883. The predicted molar refractivity (Wildman–Crippen MR) is 89.9 cm³/mol. The Balaban J connectivity index is 3.35. The average molecular weight is 343 g/mol.